The fourth-order valence-electron chi connectivity index (χ4n) is 3.50. The molecular weight excluding hydrogens is 510 g/mol. The minimum absolute atomic E-state index is 0.0164. The fourth-order valence-corrected chi connectivity index (χ4v) is 3.50. The molecule has 3 amide bonds. The first-order valence-electron chi connectivity index (χ1n) is 12.2. The molecule has 0 aliphatic rings. The number of carbonyl (C=O) groups excluding carboxylic acids is 3. The van der Waals surface area contributed by atoms with E-state index in [0.29, 0.717) is 17.7 Å². The van der Waals surface area contributed by atoms with E-state index >= 15 is 0 Å². The van der Waals surface area contributed by atoms with Crippen molar-refractivity contribution in [3.63, 3.8) is 0 Å². The van der Waals surface area contributed by atoms with Gasteiger partial charge in [-0.2, -0.15) is 0 Å². The average molecular weight is 546 g/mol. The number of H-pyrrole nitrogens is 1. The zero-order valence-corrected chi connectivity index (χ0v) is 21.5. The van der Waals surface area contributed by atoms with Gasteiger partial charge < -0.3 is 48.3 Å². The first-order valence-corrected chi connectivity index (χ1v) is 12.2. The van der Waals surface area contributed by atoms with E-state index in [1.807, 2.05) is 0 Å². The van der Waals surface area contributed by atoms with Crippen molar-refractivity contribution in [1.82, 2.24) is 25.9 Å². The van der Waals surface area contributed by atoms with Gasteiger partial charge in [0.15, 0.2) is 5.96 Å². The van der Waals surface area contributed by atoms with E-state index in [0.717, 1.165) is 0 Å². The number of carboxylic acids is 1. The molecule has 12 N–H and O–H groups in total. The summed E-state index contributed by atoms with van der Waals surface area (Å²) in [6.45, 7) is 1.46. The van der Waals surface area contributed by atoms with Crippen LogP contribution in [0.25, 0.3) is 0 Å². The Balaban J connectivity index is 2.21. The molecular formula is C24H35N9O6. The van der Waals surface area contributed by atoms with E-state index in [2.05, 4.69) is 30.9 Å². The molecule has 0 saturated heterocycles. The van der Waals surface area contributed by atoms with E-state index < -0.39 is 47.9 Å². The van der Waals surface area contributed by atoms with E-state index in [1.54, 1.807) is 12.1 Å². The summed E-state index contributed by atoms with van der Waals surface area (Å²) in [4.78, 5) is 60.9. The highest BCUT2D eigenvalue weighted by atomic mass is 16.4. The number of nitrogens with zero attached hydrogens (tertiary/aromatic N) is 2. The van der Waals surface area contributed by atoms with Gasteiger partial charge in [0, 0.05) is 31.3 Å². The van der Waals surface area contributed by atoms with Crippen molar-refractivity contribution in [2.45, 2.75) is 56.8 Å². The van der Waals surface area contributed by atoms with Crippen molar-refractivity contribution >= 4 is 29.7 Å². The van der Waals surface area contributed by atoms with Crippen LogP contribution in [-0.2, 0) is 32.0 Å². The third-order valence-corrected chi connectivity index (χ3v) is 5.65. The van der Waals surface area contributed by atoms with Gasteiger partial charge in [0.05, 0.1) is 12.4 Å². The van der Waals surface area contributed by atoms with E-state index in [4.69, 9.17) is 22.3 Å². The second kappa shape index (κ2) is 14.9. The van der Waals surface area contributed by atoms with Crippen LogP contribution in [0.3, 0.4) is 0 Å². The number of aromatic nitrogens is 2. The predicted octanol–water partition coefficient (Wildman–Crippen LogP) is -2.16. The number of nitrogens with two attached hydrogens (primary N) is 3. The summed E-state index contributed by atoms with van der Waals surface area (Å²) in [5.74, 6) is -3.41. The number of carboxylic acid groups (broad SMARTS) is 1. The first-order chi connectivity index (χ1) is 18.5. The number of rotatable bonds is 15. The largest absolute Gasteiger partial charge is 0.508 e. The zero-order valence-electron chi connectivity index (χ0n) is 21.5. The summed E-state index contributed by atoms with van der Waals surface area (Å²) < 4.78 is 0. The van der Waals surface area contributed by atoms with Crippen molar-refractivity contribution in [2.75, 3.05) is 6.54 Å². The van der Waals surface area contributed by atoms with Gasteiger partial charge in [-0.05, 0) is 37.5 Å². The van der Waals surface area contributed by atoms with Gasteiger partial charge in [-0.25, -0.2) is 4.98 Å². The Morgan fingerprint density at radius 1 is 1.00 bits per heavy atom. The number of aromatic amines is 1. The smallest absolute Gasteiger partial charge is 0.325 e. The van der Waals surface area contributed by atoms with Gasteiger partial charge in [-0.3, -0.25) is 24.2 Å². The van der Waals surface area contributed by atoms with Crippen LogP contribution in [0.2, 0.25) is 0 Å². The molecule has 0 fully saturated rings. The molecule has 2 rings (SSSR count). The lowest BCUT2D eigenvalue weighted by Gasteiger charge is -2.25. The molecule has 0 saturated carbocycles. The van der Waals surface area contributed by atoms with Gasteiger partial charge in [-0.1, -0.05) is 12.1 Å². The lowest BCUT2D eigenvalue weighted by atomic mass is 10.0. The van der Waals surface area contributed by atoms with Gasteiger partial charge in [0.2, 0.25) is 17.7 Å². The highest BCUT2D eigenvalue weighted by Gasteiger charge is 2.29. The van der Waals surface area contributed by atoms with Gasteiger partial charge in [0.1, 0.15) is 23.9 Å². The molecule has 0 spiro atoms. The van der Waals surface area contributed by atoms with Gasteiger partial charge in [0.25, 0.3) is 0 Å². The Morgan fingerprint density at radius 3 is 2.23 bits per heavy atom. The Kier molecular flexibility index (Phi) is 11.7. The molecule has 39 heavy (non-hydrogen) atoms. The van der Waals surface area contributed by atoms with Crippen LogP contribution < -0.4 is 33.2 Å². The number of aliphatic imine (C=N–C) groups is 1. The van der Waals surface area contributed by atoms with Crippen LogP contribution in [0, 0.1) is 0 Å². The number of guanidine groups is 1. The van der Waals surface area contributed by atoms with Crippen LogP contribution >= 0.6 is 0 Å². The minimum atomic E-state index is -1.25. The first kappa shape index (κ1) is 30.6. The second-order valence-electron chi connectivity index (χ2n) is 8.90. The molecule has 15 heteroatoms. The topological polar surface area (TPSA) is 264 Å². The maximum atomic E-state index is 13.4. The third-order valence-electron chi connectivity index (χ3n) is 5.65. The number of hydrogen-bond acceptors (Lipinski definition) is 8. The van der Waals surface area contributed by atoms with Crippen molar-refractivity contribution < 1.29 is 29.4 Å². The van der Waals surface area contributed by atoms with E-state index in [9.17, 15) is 24.3 Å². The number of phenols is 1. The molecule has 0 bridgehead atoms. The number of nitrogens with one attached hydrogen (secondary N) is 4. The van der Waals surface area contributed by atoms with Gasteiger partial charge >= 0.3 is 5.97 Å². The molecule has 4 atom stereocenters. The van der Waals surface area contributed by atoms with Crippen molar-refractivity contribution in [3.05, 3.63) is 48.0 Å². The molecule has 1 heterocycles. The molecule has 0 aliphatic heterocycles. The molecule has 0 radical (unpaired) electrons. The number of aliphatic carboxylic acids is 1. The number of benzene rings is 1. The Labute approximate surface area is 224 Å². The standard InChI is InChI=1S/C24H35N9O6/c1-13(23(38)39)31-21(36)18(3-2-8-29-24(26)27)32-22(37)19(9-14-4-6-16(34)7-5-14)33-20(35)17(25)10-15-11-28-12-30-15/h4-7,11-13,17-19,34H,2-3,8-10,25H2,1H3,(H,28,30)(H,31,36)(H,32,37)(H,33,35)(H,38,39)(H4,26,27,29). The monoisotopic (exact) mass is 545 g/mol. The third kappa shape index (κ3) is 10.7. The maximum Gasteiger partial charge on any atom is 0.325 e. The summed E-state index contributed by atoms with van der Waals surface area (Å²) in [5, 5.41) is 26.3. The van der Waals surface area contributed by atoms with Crippen LogP contribution in [0.4, 0.5) is 0 Å². The van der Waals surface area contributed by atoms with Gasteiger partial charge in [-0.15, -0.1) is 0 Å². The normalized spacial score (nSPS) is 13.8. The van der Waals surface area contributed by atoms with Crippen LogP contribution in [0.5, 0.6) is 5.75 Å². The number of aromatic hydroxyl groups is 1. The Bertz CT molecular complexity index is 1130. The van der Waals surface area contributed by atoms with Crippen molar-refractivity contribution in [3.8, 4) is 5.75 Å². The second-order valence-corrected chi connectivity index (χ2v) is 8.90. The lowest BCUT2D eigenvalue weighted by molar-refractivity contribution is -0.141. The summed E-state index contributed by atoms with van der Waals surface area (Å²) in [6, 6.07) is 1.53. The number of hydrogen-bond donors (Lipinski definition) is 9. The maximum absolute atomic E-state index is 13.4. The summed E-state index contributed by atoms with van der Waals surface area (Å²) in [6.07, 6.45) is 3.51. The van der Waals surface area contributed by atoms with Crippen LogP contribution in [0.15, 0.2) is 41.8 Å². The average Bonchev–Trinajstić information content (AvgIpc) is 3.39. The molecule has 2 aromatic rings. The van der Waals surface area contributed by atoms with Crippen LogP contribution in [-0.4, -0.2) is 80.5 Å². The minimum Gasteiger partial charge on any atom is -0.508 e. The van der Waals surface area contributed by atoms with Crippen molar-refractivity contribution in [2.24, 2.45) is 22.2 Å². The Morgan fingerprint density at radius 2 is 1.64 bits per heavy atom. The fraction of sp³-hybridized carbons (Fsp3) is 0.417. The number of carbonyl (C=O) groups is 4. The molecule has 0 aliphatic carbocycles. The number of phenolic OH excluding ortho intramolecular Hbond substituents is 1. The highest BCUT2D eigenvalue weighted by Crippen LogP contribution is 2.12. The number of imidazole rings is 1. The summed E-state index contributed by atoms with van der Waals surface area (Å²) in [7, 11) is 0. The summed E-state index contributed by atoms with van der Waals surface area (Å²) >= 11 is 0. The van der Waals surface area contributed by atoms with Crippen molar-refractivity contribution in [1.29, 1.82) is 0 Å². The SMILES string of the molecule is CC(NC(=O)C(CCCN=C(N)N)NC(=O)C(Cc1ccc(O)cc1)NC(=O)C(N)Cc1cnc[nH]1)C(=O)O. The lowest BCUT2D eigenvalue weighted by Crippen LogP contribution is -2.57. The van der Waals surface area contributed by atoms with Crippen LogP contribution in [0.1, 0.15) is 31.0 Å². The number of amides is 3. The highest BCUT2D eigenvalue weighted by molar-refractivity contribution is 5.94. The Hall–Kier alpha value is -4.66. The molecule has 15 nitrogen and oxygen atoms in total. The quantitative estimate of drug-likeness (QED) is 0.0664. The predicted molar refractivity (Wildman–Crippen MR) is 141 cm³/mol. The summed E-state index contributed by atoms with van der Waals surface area (Å²) in [5.41, 5.74) is 17.9. The molecule has 4 unspecified atom stereocenters. The molecule has 1 aromatic carbocycles. The zero-order chi connectivity index (χ0) is 28.9. The van der Waals surface area contributed by atoms with E-state index in [1.165, 1.54) is 31.6 Å². The molecule has 1 aromatic heterocycles. The molecule has 212 valence electrons. The van der Waals surface area contributed by atoms with E-state index in [-0.39, 0.29) is 37.5 Å².